The third-order valence-electron chi connectivity index (χ3n) is 5.94. The van der Waals surface area contributed by atoms with E-state index in [0.717, 1.165) is 38.8 Å². The molecule has 2 aliphatic heterocycles. The van der Waals surface area contributed by atoms with Crippen LogP contribution in [0.5, 0.6) is 0 Å². The van der Waals surface area contributed by atoms with Crippen LogP contribution in [0.3, 0.4) is 0 Å². The number of non-ortho nitro benzene ring substituents is 1. The van der Waals surface area contributed by atoms with Gasteiger partial charge in [0.05, 0.1) is 10.6 Å². The van der Waals surface area contributed by atoms with Crippen molar-refractivity contribution in [3.63, 3.8) is 0 Å². The minimum absolute atomic E-state index is 0.0618. The quantitative estimate of drug-likeness (QED) is 0.548. The molecule has 0 spiro atoms. The highest BCUT2D eigenvalue weighted by molar-refractivity contribution is 7.89. The van der Waals surface area contributed by atoms with Crippen molar-refractivity contribution in [3.05, 3.63) is 64.2 Å². The Kier molecular flexibility index (Phi) is 5.56. The molecule has 8 heteroatoms. The zero-order chi connectivity index (χ0) is 20.4. The summed E-state index contributed by atoms with van der Waals surface area (Å²) in [4.78, 5) is 12.9. The maximum absolute atomic E-state index is 13.2. The number of piperidine rings is 1. The number of anilines is 1. The van der Waals surface area contributed by atoms with E-state index >= 15 is 0 Å². The molecule has 0 saturated carbocycles. The largest absolute Gasteiger partial charge is 0.370 e. The number of nitro benzene ring substituents is 1. The van der Waals surface area contributed by atoms with Crippen LogP contribution in [0.2, 0.25) is 0 Å². The van der Waals surface area contributed by atoms with E-state index in [1.54, 1.807) is 6.07 Å². The summed E-state index contributed by atoms with van der Waals surface area (Å²) in [5.41, 5.74) is 1.69. The van der Waals surface area contributed by atoms with E-state index in [9.17, 15) is 18.5 Å². The molecular weight excluding hydrogens is 390 g/mol. The van der Waals surface area contributed by atoms with Crippen LogP contribution in [0.15, 0.2) is 53.4 Å². The van der Waals surface area contributed by atoms with Gasteiger partial charge in [-0.05, 0) is 43.2 Å². The zero-order valence-corrected chi connectivity index (χ0v) is 17.1. The van der Waals surface area contributed by atoms with Gasteiger partial charge in [0.2, 0.25) is 10.0 Å². The van der Waals surface area contributed by atoms with Crippen molar-refractivity contribution in [3.8, 4) is 0 Å². The van der Waals surface area contributed by atoms with Crippen LogP contribution in [-0.2, 0) is 10.0 Å². The van der Waals surface area contributed by atoms with E-state index in [-0.39, 0.29) is 10.6 Å². The fourth-order valence-electron chi connectivity index (χ4n) is 4.33. The van der Waals surface area contributed by atoms with Crippen molar-refractivity contribution in [1.82, 2.24) is 4.31 Å². The Hall–Kier alpha value is -2.45. The number of benzene rings is 2. The van der Waals surface area contributed by atoms with Crippen molar-refractivity contribution in [2.45, 2.75) is 36.5 Å². The summed E-state index contributed by atoms with van der Waals surface area (Å²) in [6.07, 6.45) is 3.49. The van der Waals surface area contributed by atoms with E-state index in [2.05, 4.69) is 17.0 Å². The van der Waals surface area contributed by atoms with E-state index in [1.165, 1.54) is 22.0 Å². The average Bonchev–Trinajstić information content (AvgIpc) is 3.30. The molecule has 2 saturated heterocycles. The molecule has 0 radical (unpaired) electrons. The second-order valence-electron chi connectivity index (χ2n) is 7.69. The summed E-state index contributed by atoms with van der Waals surface area (Å²) < 4.78 is 27.9. The van der Waals surface area contributed by atoms with Gasteiger partial charge in [-0.15, -0.1) is 0 Å². The lowest BCUT2D eigenvalue weighted by Gasteiger charge is -2.35. The fraction of sp³-hybridized carbons (Fsp3) is 0.429. The Bertz CT molecular complexity index is 980. The highest BCUT2D eigenvalue weighted by atomic mass is 32.2. The first-order valence-corrected chi connectivity index (χ1v) is 11.5. The number of nitro groups is 1. The summed E-state index contributed by atoms with van der Waals surface area (Å²) in [6.45, 7) is 2.39. The summed E-state index contributed by atoms with van der Waals surface area (Å²) in [7, 11) is -3.75. The van der Waals surface area contributed by atoms with Gasteiger partial charge in [0.25, 0.3) is 5.69 Å². The molecular formula is C21H25N3O4S. The Morgan fingerprint density at radius 2 is 1.59 bits per heavy atom. The highest BCUT2D eigenvalue weighted by Crippen LogP contribution is 2.36. The monoisotopic (exact) mass is 415 g/mol. The maximum atomic E-state index is 13.2. The molecule has 0 unspecified atom stereocenters. The maximum Gasteiger partial charge on any atom is 0.270 e. The summed E-state index contributed by atoms with van der Waals surface area (Å²) in [5.74, 6) is 0.448. The molecule has 0 bridgehead atoms. The SMILES string of the molecule is O=[N+]([O-])c1ccc(N2CCC(c3ccccc3)CC2)c(S(=O)(=O)N2CCCC2)c1. The molecule has 2 aromatic carbocycles. The van der Waals surface area contributed by atoms with Gasteiger partial charge in [-0.3, -0.25) is 10.1 Å². The van der Waals surface area contributed by atoms with Crippen molar-refractivity contribution < 1.29 is 13.3 Å². The molecule has 29 heavy (non-hydrogen) atoms. The summed E-state index contributed by atoms with van der Waals surface area (Å²) in [5, 5.41) is 11.3. The second-order valence-corrected chi connectivity index (χ2v) is 9.60. The topological polar surface area (TPSA) is 83.8 Å². The first kappa shape index (κ1) is 19.8. The molecule has 0 atom stereocenters. The Morgan fingerprint density at radius 1 is 0.931 bits per heavy atom. The first-order valence-electron chi connectivity index (χ1n) is 10.1. The molecule has 7 nitrogen and oxygen atoms in total. The van der Waals surface area contributed by atoms with E-state index < -0.39 is 14.9 Å². The van der Waals surface area contributed by atoms with Crippen molar-refractivity contribution in [1.29, 1.82) is 0 Å². The van der Waals surface area contributed by atoms with Crippen molar-refractivity contribution >= 4 is 21.4 Å². The molecule has 2 fully saturated rings. The smallest absolute Gasteiger partial charge is 0.270 e. The van der Waals surface area contributed by atoms with Crippen LogP contribution in [-0.4, -0.2) is 43.8 Å². The van der Waals surface area contributed by atoms with Gasteiger partial charge < -0.3 is 4.90 Å². The molecule has 4 rings (SSSR count). The second kappa shape index (κ2) is 8.12. The fourth-order valence-corrected chi connectivity index (χ4v) is 6.08. The lowest BCUT2D eigenvalue weighted by Crippen LogP contribution is -2.35. The van der Waals surface area contributed by atoms with E-state index in [1.807, 2.05) is 18.2 Å². The van der Waals surface area contributed by atoms with Gasteiger partial charge in [-0.1, -0.05) is 30.3 Å². The summed E-state index contributed by atoms with van der Waals surface area (Å²) >= 11 is 0. The molecule has 2 heterocycles. The van der Waals surface area contributed by atoms with Gasteiger partial charge in [0.1, 0.15) is 4.90 Å². The Morgan fingerprint density at radius 3 is 2.21 bits per heavy atom. The summed E-state index contributed by atoms with van der Waals surface area (Å²) in [6, 6.07) is 14.6. The molecule has 2 aliphatic rings. The van der Waals surface area contributed by atoms with Crippen LogP contribution in [0.25, 0.3) is 0 Å². The standard InChI is InChI=1S/C21H25N3O4S/c25-24(26)19-8-9-20(21(16-19)29(27,28)23-12-4-5-13-23)22-14-10-18(11-15-22)17-6-2-1-3-7-17/h1-3,6-9,16,18H,4-5,10-15H2. The van der Waals surface area contributed by atoms with E-state index in [4.69, 9.17) is 0 Å². The molecule has 0 N–H and O–H groups in total. The average molecular weight is 416 g/mol. The van der Waals surface area contributed by atoms with Crippen molar-refractivity contribution in [2.75, 3.05) is 31.1 Å². The number of sulfonamides is 1. The van der Waals surface area contributed by atoms with Gasteiger partial charge in [-0.2, -0.15) is 4.31 Å². The van der Waals surface area contributed by atoms with Crippen LogP contribution in [0.4, 0.5) is 11.4 Å². The van der Waals surface area contributed by atoms with Crippen LogP contribution in [0, 0.1) is 10.1 Å². The van der Waals surface area contributed by atoms with E-state index in [0.29, 0.717) is 24.7 Å². The number of rotatable bonds is 5. The van der Waals surface area contributed by atoms with Gasteiger partial charge in [0.15, 0.2) is 0 Å². The highest BCUT2D eigenvalue weighted by Gasteiger charge is 2.33. The molecule has 0 aliphatic carbocycles. The van der Waals surface area contributed by atoms with Gasteiger partial charge in [-0.25, -0.2) is 8.42 Å². The van der Waals surface area contributed by atoms with Crippen LogP contribution < -0.4 is 4.90 Å². The first-order chi connectivity index (χ1) is 14.0. The van der Waals surface area contributed by atoms with Crippen LogP contribution in [0.1, 0.15) is 37.2 Å². The number of hydrogen-bond donors (Lipinski definition) is 0. The third kappa shape index (κ3) is 4.00. The number of nitrogens with zero attached hydrogens (tertiary/aromatic N) is 3. The molecule has 0 aromatic heterocycles. The zero-order valence-electron chi connectivity index (χ0n) is 16.2. The lowest BCUT2D eigenvalue weighted by atomic mass is 9.89. The normalized spacial score (nSPS) is 18.8. The lowest BCUT2D eigenvalue weighted by molar-refractivity contribution is -0.385. The predicted octanol–water partition coefficient (Wildman–Crippen LogP) is 3.76. The molecule has 0 amide bonds. The molecule has 2 aromatic rings. The van der Waals surface area contributed by atoms with Gasteiger partial charge >= 0.3 is 0 Å². The van der Waals surface area contributed by atoms with Crippen LogP contribution >= 0.6 is 0 Å². The Balaban J connectivity index is 1.63. The molecule has 154 valence electrons. The Labute approximate surface area is 171 Å². The minimum Gasteiger partial charge on any atom is -0.370 e. The third-order valence-corrected chi connectivity index (χ3v) is 7.87. The minimum atomic E-state index is -3.75. The predicted molar refractivity (Wildman–Crippen MR) is 112 cm³/mol. The number of hydrogen-bond acceptors (Lipinski definition) is 5. The van der Waals surface area contributed by atoms with Crippen molar-refractivity contribution in [2.24, 2.45) is 0 Å². The van der Waals surface area contributed by atoms with Gasteiger partial charge in [0, 0.05) is 38.3 Å².